The fourth-order valence-electron chi connectivity index (χ4n) is 3.11. The molecule has 0 heterocycles. The van der Waals surface area contributed by atoms with Crippen molar-refractivity contribution in [1.29, 1.82) is 0 Å². The molecule has 0 aromatic heterocycles. The topological polar surface area (TPSA) is 58.6 Å². The molecule has 1 atom stereocenters. The number of nitrogens with one attached hydrogen (secondary N) is 1. The minimum Gasteiger partial charge on any atom is -0.484 e. The largest absolute Gasteiger partial charge is 0.484 e. The average Bonchev–Trinajstić information content (AvgIpc) is 2.69. The van der Waals surface area contributed by atoms with Gasteiger partial charge in [-0.3, -0.25) is 9.59 Å². The minimum absolute atomic E-state index is 0.177. The highest BCUT2D eigenvalue weighted by Crippen LogP contribution is 2.26. The van der Waals surface area contributed by atoms with E-state index >= 15 is 0 Å². The first-order valence-electron chi connectivity index (χ1n) is 10.2. The maximum atomic E-state index is 13.2. The van der Waals surface area contributed by atoms with Crippen LogP contribution in [0.15, 0.2) is 30.3 Å². The molecular weight excluding hydrogens is 471 g/mol. The van der Waals surface area contributed by atoms with Crippen molar-refractivity contribution >= 4 is 46.6 Å². The van der Waals surface area contributed by atoms with Crippen molar-refractivity contribution in [1.82, 2.24) is 10.2 Å². The lowest BCUT2D eigenvalue weighted by molar-refractivity contribution is -0.142. The summed E-state index contributed by atoms with van der Waals surface area (Å²) in [6.45, 7) is 11.0. The van der Waals surface area contributed by atoms with Gasteiger partial charge in [0.1, 0.15) is 11.8 Å². The monoisotopic (exact) mass is 498 g/mol. The summed E-state index contributed by atoms with van der Waals surface area (Å²) < 4.78 is 5.75. The second kappa shape index (κ2) is 10.8. The van der Waals surface area contributed by atoms with Crippen LogP contribution in [0.5, 0.6) is 5.75 Å². The van der Waals surface area contributed by atoms with Crippen LogP contribution in [0.25, 0.3) is 0 Å². The molecule has 0 saturated carbocycles. The summed E-state index contributed by atoms with van der Waals surface area (Å²) >= 11 is 18.4. The number of carbonyl (C=O) groups excluding carboxylic acids is 2. The Morgan fingerprint density at radius 3 is 2.16 bits per heavy atom. The fraction of sp³-hybridized carbons (Fsp3) is 0.417. The lowest BCUT2D eigenvalue weighted by Crippen LogP contribution is -2.53. The van der Waals surface area contributed by atoms with Crippen LogP contribution in [-0.2, 0) is 16.1 Å². The van der Waals surface area contributed by atoms with E-state index in [-0.39, 0.29) is 25.0 Å². The summed E-state index contributed by atoms with van der Waals surface area (Å²) in [7, 11) is 0. The quantitative estimate of drug-likeness (QED) is 0.510. The number of halogens is 3. The first-order valence-corrected chi connectivity index (χ1v) is 11.4. The third-order valence-electron chi connectivity index (χ3n) is 4.77. The first kappa shape index (κ1) is 26.3. The second-order valence-electron chi connectivity index (χ2n) is 8.85. The van der Waals surface area contributed by atoms with Crippen molar-refractivity contribution in [2.45, 2.75) is 59.7 Å². The number of nitrogens with zero attached hydrogens (tertiary/aromatic N) is 1. The van der Waals surface area contributed by atoms with Crippen LogP contribution >= 0.6 is 34.8 Å². The van der Waals surface area contributed by atoms with E-state index in [2.05, 4.69) is 5.32 Å². The van der Waals surface area contributed by atoms with Gasteiger partial charge in [-0.25, -0.2) is 0 Å². The SMILES string of the molecule is Cc1cc(OCC(=O)N(Cc2ccc(Cl)c(Cl)c2)C(C)C(=O)NC(C)(C)C)cc(C)c1Cl. The lowest BCUT2D eigenvalue weighted by atomic mass is 10.1. The van der Waals surface area contributed by atoms with Gasteiger partial charge in [-0.1, -0.05) is 40.9 Å². The van der Waals surface area contributed by atoms with Crippen molar-refractivity contribution in [2.75, 3.05) is 6.61 Å². The van der Waals surface area contributed by atoms with Crippen molar-refractivity contribution in [3.05, 3.63) is 62.1 Å². The molecule has 0 bridgehead atoms. The number of hydrogen-bond donors (Lipinski definition) is 1. The van der Waals surface area contributed by atoms with Gasteiger partial charge in [0.25, 0.3) is 5.91 Å². The van der Waals surface area contributed by atoms with Crippen LogP contribution in [0.3, 0.4) is 0 Å². The van der Waals surface area contributed by atoms with Crippen LogP contribution in [0.4, 0.5) is 0 Å². The summed E-state index contributed by atoms with van der Waals surface area (Å²) in [6, 6.07) is 7.95. The zero-order valence-electron chi connectivity index (χ0n) is 19.2. The highest BCUT2D eigenvalue weighted by Gasteiger charge is 2.29. The highest BCUT2D eigenvalue weighted by molar-refractivity contribution is 6.42. The molecule has 0 fully saturated rings. The van der Waals surface area contributed by atoms with Crippen molar-refractivity contribution in [3.8, 4) is 5.75 Å². The van der Waals surface area contributed by atoms with Crippen molar-refractivity contribution in [3.63, 3.8) is 0 Å². The van der Waals surface area contributed by atoms with Crippen LogP contribution < -0.4 is 10.1 Å². The summed E-state index contributed by atoms with van der Waals surface area (Å²) in [5.74, 6) is -0.0546. The van der Waals surface area contributed by atoms with Gasteiger partial charge in [0.2, 0.25) is 5.91 Å². The molecule has 5 nitrogen and oxygen atoms in total. The third-order valence-corrected chi connectivity index (χ3v) is 6.11. The molecule has 0 saturated heterocycles. The second-order valence-corrected chi connectivity index (χ2v) is 10.0. The molecule has 0 aliphatic carbocycles. The van der Waals surface area contributed by atoms with E-state index in [1.165, 1.54) is 4.90 Å². The normalized spacial score (nSPS) is 12.3. The maximum Gasteiger partial charge on any atom is 0.261 e. The Kier molecular flexibility index (Phi) is 8.86. The number of rotatable bonds is 7. The van der Waals surface area contributed by atoms with E-state index in [1.54, 1.807) is 37.3 Å². The lowest BCUT2D eigenvalue weighted by Gasteiger charge is -2.31. The molecule has 0 spiro atoms. The smallest absolute Gasteiger partial charge is 0.261 e. The zero-order chi connectivity index (χ0) is 24.2. The van der Waals surface area contributed by atoms with Gasteiger partial charge in [-0.05, 0) is 82.5 Å². The molecule has 174 valence electrons. The number of ether oxygens (including phenoxy) is 1. The predicted octanol–water partition coefficient (Wildman–Crippen LogP) is 5.97. The van der Waals surface area contributed by atoms with Gasteiger partial charge in [0, 0.05) is 17.1 Å². The van der Waals surface area contributed by atoms with Crippen molar-refractivity contribution in [2.24, 2.45) is 0 Å². The molecule has 8 heteroatoms. The summed E-state index contributed by atoms with van der Waals surface area (Å²) in [5.41, 5.74) is 2.04. The van der Waals surface area contributed by atoms with E-state index in [1.807, 2.05) is 34.6 Å². The number of amides is 2. The number of aryl methyl sites for hydroxylation is 2. The number of benzene rings is 2. The molecule has 0 aliphatic heterocycles. The van der Waals surface area contributed by atoms with E-state index in [4.69, 9.17) is 39.5 Å². The van der Waals surface area contributed by atoms with Crippen LogP contribution in [0.2, 0.25) is 15.1 Å². The third kappa shape index (κ3) is 7.29. The number of hydrogen-bond acceptors (Lipinski definition) is 3. The van der Waals surface area contributed by atoms with E-state index in [9.17, 15) is 9.59 Å². The zero-order valence-corrected chi connectivity index (χ0v) is 21.5. The number of carbonyl (C=O) groups is 2. The Morgan fingerprint density at radius 1 is 1.03 bits per heavy atom. The van der Waals surface area contributed by atoms with Crippen LogP contribution in [0, 0.1) is 13.8 Å². The Bertz CT molecular complexity index is 979. The van der Waals surface area contributed by atoms with Gasteiger partial charge in [-0.2, -0.15) is 0 Å². The molecule has 2 aromatic carbocycles. The molecule has 2 amide bonds. The Morgan fingerprint density at radius 2 is 1.62 bits per heavy atom. The molecule has 32 heavy (non-hydrogen) atoms. The standard InChI is InChI=1S/C24H29Cl3N2O3/c1-14-9-18(10-15(2)22(14)27)32-13-21(30)29(16(3)23(31)28-24(4,5)6)12-17-7-8-19(25)20(26)11-17/h7-11,16H,12-13H2,1-6H3,(H,28,31). The first-order chi connectivity index (χ1) is 14.8. The molecule has 1 unspecified atom stereocenters. The molecule has 2 aromatic rings. The fourth-order valence-corrected chi connectivity index (χ4v) is 3.54. The van der Waals surface area contributed by atoms with Crippen LogP contribution in [0.1, 0.15) is 44.4 Å². The highest BCUT2D eigenvalue weighted by atomic mass is 35.5. The minimum atomic E-state index is -0.728. The van der Waals surface area contributed by atoms with E-state index < -0.39 is 11.6 Å². The Balaban J connectivity index is 2.24. The summed E-state index contributed by atoms with van der Waals surface area (Å²) in [5, 5.41) is 4.39. The predicted molar refractivity (Wildman–Crippen MR) is 131 cm³/mol. The van der Waals surface area contributed by atoms with Gasteiger partial charge in [0.05, 0.1) is 10.0 Å². The average molecular weight is 500 g/mol. The summed E-state index contributed by atoms with van der Waals surface area (Å²) in [6.07, 6.45) is 0. The maximum absolute atomic E-state index is 13.2. The van der Waals surface area contributed by atoms with Crippen molar-refractivity contribution < 1.29 is 14.3 Å². The Labute approximate surface area is 205 Å². The van der Waals surface area contributed by atoms with Gasteiger partial charge in [0.15, 0.2) is 6.61 Å². The van der Waals surface area contributed by atoms with Gasteiger partial charge in [-0.15, -0.1) is 0 Å². The molecule has 0 aliphatic rings. The van der Waals surface area contributed by atoms with E-state index in [0.717, 1.165) is 16.7 Å². The molecule has 2 rings (SSSR count). The Hall–Kier alpha value is -1.95. The van der Waals surface area contributed by atoms with Gasteiger partial charge < -0.3 is 15.0 Å². The van der Waals surface area contributed by atoms with Crippen LogP contribution in [-0.4, -0.2) is 34.9 Å². The van der Waals surface area contributed by atoms with Gasteiger partial charge >= 0.3 is 0 Å². The molecule has 0 radical (unpaired) electrons. The van der Waals surface area contributed by atoms with E-state index in [0.29, 0.717) is 20.8 Å². The summed E-state index contributed by atoms with van der Waals surface area (Å²) in [4.78, 5) is 27.4. The molecular formula is C24H29Cl3N2O3. The molecule has 1 N–H and O–H groups in total.